The minimum absolute atomic E-state index is 0.00377. The van der Waals surface area contributed by atoms with E-state index in [1.807, 2.05) is 25.1 Å². The van der Waals surface area contributed by atoms with Gasteiger partial charge >= 0.3 is 0 Å². The zero-order chi connectivity index (χ0) is 13.1. The van der Waals surface area contributed by atoms with E-state index in [0.29, 0.717) is 18.0 Å². The van der Waals surface area contributed by atoms with Gasteiger partial charge in [0, 0.05) is 10.5 Å². The average Bonchev–Trinajstić information content (AvgIpc) is 2.79. The molecule has 0 heterocycles. The van der Waals surface area contributed by atoms with Crippen LogP contribution in [0.4, 0.5) is 0 Å². The Morgan fingerprint density at radius 1 is 1.50 bits per heavy atom. The van der Waals surface area contributed by atoms with Crippen molar-refractivity contribution in [3.05, 3.63) is 33.8 Å². The normalized spacial score (nSPS) is 23.1. The summed E-state index contributed by atoms with van der Waals surface area (Å²) in [6.07, 6.45) is 3.31. The van der Waals surface area contributed by atoms with Gasteiger partial charge in [0.1, 0.15) is 0 Å². The number of amides is 1. The number of hydrogen-bond donors (Lipinski definition) is 2. The molecule has 0 spiro atoms. The third-order valence-electron chi connectivity index (χ3n) is 3.71. The molecular weight excluding hydrogens is 292 g/mol. The van der Waals surface area contributed by atoms with Crippen molar-refractivity contribution in [3.63, 3.8) is 0 Å². The summed E-state index contributed by atoms with van der Waals surface area (Å²) in [4.78, 5) is 12.3. The lowest BCUT2D eigenvalue weighted by atomic mass is 10.0. The third-order valence-corrected chi connectivity index (χ3v) is 4.77. The maximum atomic E-state index is 12.3. The van der Waals surface area contributed by atoms with E-state index >= 15 is 0 Å². The van der Waals surface area contributed by atoms with Gasteiger partial charge in [0.2, 0.25) is 0 Å². The molecule has 0 bridgehead atoms. The van der Waals surface area contributed by atoms with Gasteiger partial charge in [-0.3, -0.25) is 4.79 Å². The van der Waals surface area contributed by atoms with Gasteiger partial charge in [-0.15, -0.1) is 0 Å². The molecule has 2 unspecified atom stereocenters. The van der Waals surface area contributed by atoms with Crippen LogP contribution in [0.15, 0.2) is 22.7 Å². The van der Waals surface area contributed by atoms with Gasteiger partial charge in [0.05, 0.1) is 5.56 Å². The van der Waals surface area contributed by atoms with Crippen molar-refractivity contribution in [1.29, 1.82) is 0 Å². The predicted molar refractivity (Wildman–Crippen MR) is 76.5 cm³/mol. The van der Waals surface area contributed by atoms with Crippen molar-refractivity contribution in [2.45, 2.75) is 32.2 Å². The van der Waals surface area contributed by atoms with Crippen LogP contribution in [0.2, 0.25) is 0 Å². The van der Waals surface area contributed by atoms with Gasteiger partial charge in [-0.05, 0) is 59.8 Å². The Bertz CT molecular complexity index is 447. The fourth-order valence-corrected chi connectivity index (χ4v) is 3.02. The minimum Gasteiger partial charge on any atom is -0.349 e. The van der Waals surface area contributed by atoms with Crippen LogP contribution in [-0.2, 0) is 0 Å². The van der Waals surface area contributed by atoms with Crippen molar-refractivity contribution in [2.75, 3.05) is 6.54 Å². The first-order chi connectivity index (χ1) is 8.63. The molecule has 3 nitrogen and oxygen atoms in total. The average molecular weight is 311 g/mol. The summed E-state index contributed by atoms with van der Waals surface area (Å²) in [5, 5.41) is 3.12. The van der Waals surface area contributed by atoms with Crippen LogP contribution in [0, 0.1) is 12.8 Å². The number of benzene rings is 1. The minimum atomic E-state index is -0.00377. The number of nitrogens with one attached hydrogen (secondary N) is 1. The summed E-state index contributed by atoms with van der Waals surface area (Å²) < 4.78 is 0.879. The molecule has 0 aliphatic heterocycles. The molecule has 2 atom stereocenters. The predicted octanol–water partition coefficient (Wildman–Crippen LogP) is 2.61. The molecule has 1 amide bonds. The first-order valence-corrected chi connectivity index (χ1v) is 7.19. The van der Waals surface area contributed by atoms with Crippen LogP contribution >= 0.6 is 15.9 Å². The number of nitrogens with two attached hydrogens (primary N) is 1. The van der Waals surface area contributed by atoms with Crippen molar-refractivity contribution in [1.82, 2.24) is 5.32 Å². The second kappa shape index (κ2) is 5.85. The number of halogens is 1. The molecule has 1 aromatic carbocycles. The second-order valence-corrected chi connectivity index (χ2v) is 5.74. The van der Waals surface area contributed by atoms with Crippen LogP contribution < -0.4 is 11.1 Å². The van der Waals surface area contributed by atoms with Gasteiger partial charge in [-0.25, -0.2) is 0 Å². The largest absolute Gasteiger partial charge is 0.349 e. The molecule has 1 aromatic rings. The van der Waals surface area contributed by atoms with Crippen LogP contribution in [0.5, 0.6) is 0 Å². The standard InChI is InChI=1S/C14H19BrN2O/c1-9-4-2-6-11(13(9)15)14(18)17-12-7-3-5-10(12)8-16/h2,4,6,10,12H,3,5,7-8,16H2,1H3,(H,17,18). The zero-order valence-electron chi connectivity index (χ0n) is 10.6. The Kier molecular flexibility index (Phi) is 4.40. The summed E-state index contributed by atoms with van der Waals surface area (Å²) >= 11 is 3.48. The number of carbonyl (C=O) groups excluding carboxylic acids is 1. The monoisotopic (exact) mass is 310 g/mol. The van der Waals surface area contributed by atoms with Crippen LogP contribution in [0.1, 0.15) is 35.2 Å². The Balaban J connectivity index is 2.10. The highest BCUT2D eigenvalue weighted by Gasteiger charge is 2.28. The molecule has 2 rings (SSSR count). The van der Waals surface area contributed by atoms with Crippen LogP contribution in [0.3, 0.4) is 0 Å². The van der Waals surface area contributed by atoms with Gasteiger partial charge < -0.3 is 11.1 Å². The summed E-state index contributed by atoms with van der Waals surface area (Å²) in [5.41, 5.74) is 7.51. The van der Waals surface area contributed by atoms with Crippen molar-refractivity contribution >= 4 is 21.8 Å². The van der Waals surface area contributed by atoms with E-state index in [2.05, 4.69) is 21.2 Å². The SMILES string of the molecule is Cc1cccc(C(=O)NC2CCCC2CN)c1Br. The number of hydrogen-bond acceptors (Lipinski definition) is 2. The maximum absolute atomic E-state index is 12.3. The fourth-order valence-electron chi connectivity index (χ4n) is 2.58. The summed E-state index contributed by atoms with van der Waals surface area (Å²) in [7, 11) is 0. The van der Waals surface area contributed by atoms with E-state index in [1.165, 1.54) is 0 Å². The van der Waals surface area contributed by atoms with E-state index < -0.39 is 0 Å². The molecule has 1 aliphatic rings. The topological polar surface area (TPSA) is 55.1 Å². The fraction of sp³-hybridized carbons (Fsp3) is 0.500. The summed E-state index contributed by atoms with van der Waals surface area (Å²) in [5.74, 6) is 0.424. The molecule has 0 aromatic heterocycles. The molecule has 0 saturated heterocycles. The molecule has 98 valence electrons. The molecule has 1 aliphatic carbocycles. The van der Waals surface area contributed by atoms with E-state index in [0.717, 1.165) is 29.3 Å². The molecule has 1 fully saturated rings. The van der Waals surface area contributed by atoms with Crippen molar-refractivity contribution in [3.8, 4) is 0 Å². The Morgan fingerprint density at radius 3 is 3.00 bits per heavy atom. The summed E-state index contributed by atoms with van der Waals surface area (Å²) in [6, 6.07) is 5.97. The van der Waals surface area contributed by atoms with E-state index in [4.69, 9.17) is 5.73 Å². The van der Waals surface area contributed by atoms with E-state index in [9.17, 15) is 4.79 Å². The molecule has 0 radical (unpaired) electrons. The molecule has 18 heavy (non-hydrogen) atoms. The van der Waals surface area contributed by atoms with Crippen molar-refractivity contribution in [2.24, 2.45) is 11.7 Å². The highest BCUT2D eigenvalue weighted by molar-refractivity contribution is 9.10. The van der Waals surface area contributed by atoms with Gasteiger partial charge in [0.25, 0.3) is 5.91 Å². The second-order valence-electron chi connectivity index (χ2n) is 4.94. The molecule has 3 N–H and O–H groups in total. The lowest BCUT2D eigenvalue weighted by Gasteiger charge is -2.20. The first kappa shape index (κ1) is 13.6. The quantitative estimate of drug-likeness (QED) is 0.901. The van der Waals surface area contributed by atoms with E-state index in [1.54, 1.807) is 0 Å². The Labute approximate surface area is 116 Å². The summed E-state index contributed by atoms with van der Waals surface area (Å²) in [6.45, 7) is 2.64. The van der Waals surface area contributed by atoms with E-state index in [-0.39, 0.29) is 11.9 Å². The maximum Gasteiger partial charge on any atom is 0.252 e. The highest BCUT2D eigenvalue weighted by Crippen LogP contribution is 2.26. The smallest absolute Gasteiger partial charge is 0.252 e. The number of aryl methyl sites for hydroxylation is 1. The van der Waals surface area contributed by atoms with Gasteiger partial charge in [-0.1, -0.05) is 18.6 Å². The lowest BCUT2D eigenvalue weighted by Crippen LogP contribution is -2.40. The Morgan fingerprint density at radius 2 is 2.28 bits per heavy atom. The van der Waals surface area contributed by atoms with Crippen molar-refractivity contribution < 1.29 is 4.79 Å². The molecular formula is C14H19BrN2O. The van der Waals surface area contributed by atoms with Gasteiger partial charge in [0.15, 0.2) is 0 Å². The van der Waals surface area contributed by atoms with Crippen LogP contribution in [-0.4, -0.2) is 18.5 Å². The first-order valence-electron chi connectivity index (χ1n) is 6.39. The number of carbonyl (C=O) groups is 1. The lowest BCUT2D eigenvalue weighted by molar-refractivity contribution is 0.0928. The molecule has 1 saturated carbocycles. The van der Waals surface area contributed by atoms with Crippen LogP contribution in [0.25, 0.3) is 0 Å². The molecule has 4 heteroatoms. The Hall–Kier alpha value is -0.870. The number of rotatable bonds is 3. The highest BCUT2D eigenvalue weighted by atomic mass is 79.9. The third kappa shape index (κ3) is 2.75. The zero-order valence-corrected chi connectivity index (χ0v) is 12.2. The van der Waals surface area contributed by atoms with Gasteiger partial charge in [-0.2, -0.15) is 0 Å².